The summed E-state index contributed by atoms with van der Waals surface area (Å²) in [6.07, 6.45) is 3.79. The Bertz CT molecular complexity index is 349. The molecule has 1 amide bonds. The summed E-state index contributed by atoms with van der Waals surface area (Å²) in [6.45, 7) is 0.613. The van der Waals surface area contributed by atoms with Crippen molar-refractivity contribution in [2.24, 2.45) is 0 Å². The molecule has 0 atom stereocenters. The Labute approximate surface area is 101 Å². The normalized spacial score (nSPS) is 10.6. The molecule has 0 fully saturated rings. The summed E-state index contributed by atoms with van der Waals surface area (Å²) in [5.74, 6) is -0.216. The van der Waals surface area contributed by atoms with E-state index in [2.05, 4.69) is 5.32 Å². The van der Waals surface area contributed by atoms with Gasteiger partial charge < -0.3 is 15.2 Å². The molecule has 92 valence electrons. The van der Waals surface area contributed by atoms with Crippen molar-refractivity contribution in [3.63, 3.8) is 0 Å². The van der Waals surface area contributed by atoms with Crippen LogP contribution in [-0.2, 0) is 9.53 Å². The Hall–Kier alpha value is -1.65. The summed E-state index contributed by atoms with van der Waals surface area (Å²) >= 11 is 0. The monoisotopic (exact) mass is 235 g/mol. The van der Waals surface area contributed by atoms with E-state index in [0.29, 0.717) is 6.61 Å². The number of nitrogens with one attached hydrogen (secondary N) is 1. The van der Waals surface area contributed by atoms with Crippen LogP contribution in [0.1, 0.15) is 5.56 Å². The predicted octanol–water partition coefficient (Wildman–Crippen LogP) is 0.825. The van der Waals surface area contributed by atoms with Crippen molar-refractivity contribution >= 4 is 12.0 Å². The summed E-state index contributed by atoms with van der Waals surface area (Å²) in [4.78, 5) is 11.1. The minimum Gasteiger partial charge on any atom is -0.395 e. The third-order valence-electron chi connectivity index (χ3n) is 1.99. The molecule has 0 heterocycles. The summed E-state index contributed by atoms with van der Waals surface area (Å²) in [6, 6.07) is 9.86. The first-order valence-electron chi connectivity index (χ1n) is 5.50. The fourth-order valence-corrected chi connectivity index (χ4v) is 1.21. The van der Waals surface area contributed by atoms with E-state index in [1.807, 2.05) is 42.5 Å². The Morgan fingerprint density at radius 3 is 2.82 bits per heavy atom. The second-order valence-electron chi connectivity index (χ2n) is 3.40. The smallest absolute Gasteiger partial charge is 0.246 e. The highest BCUT2D eigenvalue weighted by Gasteiger charge is 1.97. The molecule has 0 aliphatic rings. The molecule has 0 spiro atoms. The molecule has 2 N–H and O–H groups in total. The number of rotatable bonds is 7. The number of hydrogen-bond donors (Lipinski definition) is 2. The number of carbonyl (C=O) groups excluding carboxylic acids is 1. The van der Waals surface area contributed by atoms with E-state index in [1.54, 1.807) is 0 Å². The van der Waals surface area contributed by atoms with E-state index in [9.17, 15) is 4.79 Å². The van der Waals surface area contributed by atoms with E-state index in [0.717, 1.165) is 5.56 Å². The van der Waals surface area contributed by atoms with Gasteiger partial charge in [0.25, 0.3) is 0 Å². The predicted molar refractivity (Wildman–Crippen MR) is 66.4 cm³/mol. The summed E-state index contributed by atoms with van der Waals surface area (Å²) in [5, 5.41) is 11.0. The average Bonchev–Trinajstić information content (AvgIpc) is 2.37. The molecule has 0 radical (unpaired) electrons. The molecule has 0 saturated carbocycles. The van der Waals surface area contributed by atoms with Gasteiger partial charge in [-0.1, -0.05) is 42.5 Å². The van der Waals surface area contributed by atoms with Gasteiger partial charge in [-0.3, -0.25) is 4.79 Å². The number of hydrogen-bond acceptors (Lipinski definition) is 3. The van der Waals surface area contributed by atoms with Gasteiger partial charge in [0.1, 0.15) is 6.61 Å². The van der Waals surface area contributed by atoms with Crippen molar-refractivity contribution in [2.45, 2.75) is 0 Å². The van der Waals surface area contributed by atoms with Crippen molar-refractivity contribution in [1.82, 2.24) is 5.32 Å². The van der Waals surface area contributed by atoms with Crippen LogP contribution in [0, 0.1) is 0 Å². The average molecular weight is 235 g/mol. The topological polar surface area (TPSA) is 58.6 Å². The van der Waals surface area contributed by atoms with Crippen LogP contribution < -0.4 is 5.32 Å². The van der Waals surface area contributed by atoms with E-state index in [-0.39, 0.29) is 25.7 Å². The van der Waals surface area contributed by atoms with Crippen LogP contribution in [-0.4, -0.2) is 37.4 Å². The molecule has 4 heteroatoms. The van der Waals surface area contributed by atoms with Crippen LogP contribution in [0.2, 0.25) is 0 Å². The maximum absolute atomic E-state index is 11.1. The number of aliphatic hydroxyl groups is 1. The highest BCUT2D eigenvalue weighted by molar-refractivity contribution is 5.77. The fraction of sp³-hybridized carbons (Fsp3) is 0.308. The standard InChI is InChI=1S/C13H17NO3/c15-9-8-14-13(16)11-17-10-4-7-12-5-2-1-3-6-12/h1-7,15H,8-11H2,(H,14,16)/b7-4+. The maximum Gasteiger partial charge on any atom is 0.246 e. The Morgan fingerprint density at radius 1 is 1.35 bits per heavy atom. The molecule has 0 unspecified atom stereocenters. The second-order valence-corrected chi connectivity index (χ2v) is 3.40. The molecule has 1 aromatic rings. The first-order valence-corrected chi connectivity index (χ1v) is 5.50. The fourth-order valence-electron chi connectivity index (χ4n) is 1.21. The third-order valence-corrected chi connectivity index (χ3v) is 1.99. The quantitative estimate of drug-likeness (QED) is 0.688. The van der Waals surface area contributed by atoms with Crippen LogP contribution in [0.3, 0.4) is 0 Å². The molecule has 0 bridgehead atoms. The van der Waals surface area contributed by atoms with E-state index >= 15 is 0 Å². The molecule has 17 heavy (non-hydrogen) atoms. The SMILES string of the molecule is O=C(COC/C=C/c1ccccc1)NCCO. The van der Waals surface area contributed by atoms with E-state index in [1.165, 1.54) is 0 Å². The van der Waals surface area contributed by atoms with Gasteiger partial charge >= 0.3 is 0 Å². The van der Waals surface area contributed by atoms with Crippen molar-refractivity contribution in [3.05, 3.63) is 42.0 Å². The number of benzene rings is 1. The second kappa shape index (κ2) is 8.50. The zero-order chi connectivity index (χ0) is 12.3. The minimum absolute atomic E-state index is 0.0130. The molecule has 0 aliphatic heterocycles. The number of amides is 1. The first-order chi connectivity index (χ1) is 8.33. The largest absolute Gasteiger partial charge is 0.395 e. The van der Waals surface area contributed by atoms with Crippen molar-refractivity contribution in [3.8, 4) is 0 Å². The highest BCUT2D eigenvalue weighted by atomic mass is 16.5. The number of ether oxygens (including phenoxy) is 1. The molecule has 1 aromatic carbocycles. The Balaban J connectivity index is 2.12. The van der Waals surface area contributed by atoms with Gasteiger partial charge in [-0.15, -0.1) is 0 Å². The van der Waals surface area contributed by atoms with Crippen molar-refractivity contribution in [2.75, 3.05) is 26.4 Å². The molecule has 0 aliphatic carbocycles. The molecule has 0 aromatic heterocycles. The van der Waals surface area contributed by atoms with Crippen molar-refractivity contribution < 1.29 is 14.6 Å². The zero-order valence-corrected chi connectivity index (χ0v) is 9.63. The van der Waals surface area contributed by atoms with E-state index in [4.69, 9.17) is 9.84 Å². The molecule has 0 saturated heterocycles. The minimum atomic E-state index is -0.216. The van der Waals surface area contributed by atoms with Crippen LogP contribution >= 0.6 is 0 Å². The summed E-state index contributed by atoms with van der Waals surface area (Å²) in [5.41, 5.74) is 1.10. The summed E-state index contributed by atoms with van der Waals surface area (Å²) < 4.78 is 5.13. The van der Waals surface area contributed by atoms with Gasteiger partial charge in [0.15, 0.2) is 0 Å². The van der Waals surface area contributed by atoms with Gasteiger partial charge in [0.05, 0.1) is 13.2 Å². The van der Waals surface area contributed by atoms with Gasteiger partial charge in [0, 0.05) is 6.54 Å². The Kier molecular flexibility index (Phi) is 6.70. The van der Waals surface area contributed by atoms with Crippen LogP contribution in [0.15, 0.2) is 36.4 Å². The van der Waals surface area contributed by atoms with Gasteiger partial charge in [-0.2, -0.15) is 0 Å². The number of aliphatic hydroxyl groups excluding tert-OH is 1. The molecule has 4 nitrogen and oxygen atoms in total. The van der Waals surface area contributed by atoms with Crippen LogP contribution in [0.4, 0.5) is 0 Å². The third kappa shape index (κ3) is 6.50. The van der Waals surface area contributed by atoms with Crippen LogP contribution in [0.5, 0.6) is 0 Å². The van der Waals surface area contributed by atoms with E-state index < -0.39 is 0 Å². The Morgan fingerprint density at radius 2 is 2.12 bits per heavy atom. The lowest BCUT2D eigenvalue weighted by atomic mass is 10.2. The summed E-state index contributed by atoms with van der Waals surface area (Å²) in [7, 11) is 0. The molecular formula is C13H17NO3. The lowest BCUT2D eigenvalue weighted by Crippen LogP contribution is -2.30. The van der Waals surface area contributed by atoms with Gasteiger partial charge in [0.2, 0.25) is 5.91 Å². The maximum atomic E-state index is 11.1. The van der Waals surface area contributed by atoms with Gasteiger partial charge in [-0.05, 0) is 5.56 Å². The highest BCUT2D eigenvalue weighted by Crippen LogP contribution is 2.00. The first kappa shape index (κ1) is 13.4. The molecular weight excluding hydrogens is 218 g/mol. The molecule has 1 rings (SSSR count). The lowest BCUT2D eigenvalue weighted by molar-refractivity contribution is -0.125. The van der Waals surface area contributed by atoms with Crippen LogP contribution in [0.25, 0.3) is 6.08 Å². The lowest BCUT2D eigenvalue weighted by Gasteiger charge is -2.02. The number of carbonyl (C=O) groups is 1. The van der Waals surface area contributed by atoms with Crippen molar-refractivity contribution in [1.29, 1.82) is 0 Å². The van der Waals surface area contributed by atoms with Gasteiger partial charge in [-0.25, -0.2) is 0 Å². The zero-order valence-electron chi connectivity index (χ0n) is 9.63.